The predicted molar refractivity (Wildman–Crippen MR) is 101 cm³/mol. The molecule has 1 saturated heterocycles. The summed E-state index contributed by atoms with van der Waals surface area (Å²) in [5.74, 6) is -0.0000965. The molecule has 1 aliphatic heterocycles. The van der Waals surface area contributed by atoms with Gasteiger partial charge in [0.1, 0.15) is 0 Å². The minimum Gasteiger partial charge on any atom is -0.397 e. The number of rotatable bonds is 3. The third-order valence-corrected chi connectivity index (χ3v) is 4.64. The lowest BCUT2D eigenvalue weighted by atomic mass is 9.86. The van der Waals surface area contributed by atoms with Gasteiger partial charge in [0.05, 0.1) is 23.3 Å². The van der Waals surface area contributed by atoms with Crippen molar-refractivity contribution >= 4 is 40.5 Å². The molecule has 25 heavy (non-hydrogen) atoms. The Balaban J connectivity index is 1.90. The maximum absolute atomic E-state index is 12.1. The first-order valence-corrected chi connectivity index (χ1v) is 8.22. The number of nitrogen functional groups attached to an aromatic ring is 1. The molecular weight excluding hydrogens is 338 g/mol. The smallest absolute Gasteiger partial charge is 0.231 e. The molecule has 0 saturated carbocycles. The molecule has 0 radical (unpaired) electrons. The average Bonchev–Trinajstić information content (AvgIpc) is 2.56. The fraction of sp³-hybridized carbons (Fsp3) is 0.222. The van der Waals surface area contributed by atoms with Gasteiger partial charge >= 0.3 is 0 Å². The van der Waals surface area contributed by atoms with Gasteiger partial charge in [-0.15, -0.1) is 0 Å². The van der Waals surface area contributed by atoms with E-state index in [2.05, 4.69) is 10.6 Å². The van der Waals surface area contributed by atoms with Crippen LogP contribution in [0.1, 0.15) is 18.9 Å². The molecule has 1 amide bonds. The average molecular weight is 358 g/mol. The second kappa shape index (κ2) is 6.29. The van der Waals surface area contributed by atoms with Gasteiger partial charge in [0, 0.05) is 17.8 Å². The lowest BCUT2D eigenvalue weighted by Gasteiger charge is -2.39. The minimum atomic E-state index is -0.641. The van der Waals surface area contributed by atoms with Gasteiger partial charge < -0.3 is 16.4 Å². The summed E-state index contributed by atoms with van der Waals surface area (Å²) in [6, 6.07) is 12.9. The van der Waals surface area contributed by atoms with Crippen molar-refractivity contribution in [3.05, 3.63) is 53.1 Å². The van der Waals surface area contributed by atoms with Crippen molar-refractivity contribution in [1.29, 1.82) is 5.41 Å². The summed E-state index contributed by atoms with van der Waals surface area (Å²) >= 11 is 6.03. The van der Waals surface area contributed by atoms with E-state index in [0.29, 0.717) is 10.7 Å². The monoisotopic (exact) mass is 357 g/mol. The Hall–Kier alpha value is -2.73. The summed E-state index contributed by atoms with van der Waals surface area (Å²) in [5.41, 5.74) is 8.39. The highest BCUT2D eigenvalue weighted by atomic mass is 35.5. The van der Waals surface area contributed by atoms with Crippen LogP contribution in [0.15, 0.2) is 42.5 Å². The molecular formula is C18H20ClN5O. The van der Waals surface area contributed by atoms with Gasteiger partial charge in [-0.3, -0.25) is 15.1 Å². The number of benzene rings is 2. The van der Waals surface area contributed by atoms with Crippen LogP contribution in [0.2, 0.25) is 5.02 Å². The standard InChI is InChI=1S/C18H20ClN5O/c1-18(10-16(25)24(2)17(21)23-18)11-4-3-5-13(8-11)22-15-9-12(19)6-7-14(15)20/h3-9,22H,10,20H2,1-2H3,(H2,21,23)/t18-/m0/s1. The van der Waals surface area contributed by atoms with Gasteiger partial charge in [-0.2, -0.15) is 0 Å². The van der Waals surface area contributed by atoms with Gasteiger partial charge in [0.15, 0.2) is 5.96 Å². The third-order valence-electron chi connectivity index (χ3n) is 4.40. The number of carbonyl (C=O) groups excluding carboxylic acids is 1. The normalized spacial score (nSPS) is 20.4. The Morgan fingerprint density at radius 2 is 2.08 bits per heavy atom. The number of amides is 1. The zero-order chi connectivity index (χ0) is 18.2. The fourth-order valence-electron chi connectivity index (χ4n) is 2.84. The van der Waals surface area contributed by atoms with Crippen LogP contribution >= 0.6 is 11.6 Å². The first kappa shape index (κ1) is 17.1. The molecule has 7 heteroatoms. The minimum absolute atomic E-state index is 0.0937. The van der Waals surface area contributed by atoms with Crippen LogP contribution in [-0.2, 0) is 10.3 Å². The van der Waals surface area contributed by atoms with Crippen LogP contribution in [0.25, 0.3) is 0 Å². The van der Waals surface area contributed by atoms with Gasteiger partial charge in [-0.1, -0.05) is 23.7 Å². The second-order valence-electron chi connectivity index (χ2n) is 6.37. The molecule has 1 aliphatic rings. The number of nitrogens with two attached hydrogens (primary N) is 1. The van der Waals surface area contributed by atoms with Crippen LogP contribution < -0.4 is 16.4 Å². The summed E-state index contributed by atoms with van der Waals surface area (Å²) in [4.78, 5) is 13.5. The van der Waals surface area contributed by atoms with Crippen LogP contribution in [0.5, 0.6) is 0 Å². The zero-order valence-corrected chi connectivity index (χ0v) is 14.8. The number of anilines is 3. The number of nitrogens with zero attached hydrogens (tertiary/aromatic N) is 1. The summed E-state index contributed by atoms with van der Waals surface area (Å²) in [7, 11) is 1.59. The first-order chi connectivity index (χ1) is 11.8. The number of halogens is 1. The topological polar surface area (TPSA) is 94.2 Å². The SMILES string of the molecule is CN1C(=N)N[C@](C)(c2cccc(Nc3cc(Cl)ccc3N)c2)CC1=O. The summed E-state index contributed by atoms with van der Waals surface area (Å²) in [6.07, 6.45) is 0.272. The van der Waals surface area contributed by atoms with E-state index in [4.69, 9.17) is 22.7 Å². The molecule has 6 nitrogen and oxygen atoms in total. The molecule has 0 unspecified atom stereocenters. The number of hydrogen-bond donors (Lipinski definition) is 4. The van der Waals surface area contributed by atoms with E-state index >= 15 is 0 Å². The lowest BCUT2D eigenvalue weighted by molar-refractivity contribution is -0.129. The van der Waals surface area contributed by atoms with Crippen molar-refractivity contribution < 1.29 is 4.79 Å². The molecule has 1 atom stereocenters. The number of hydrogen-bond acceptors (Lipinski definition) is 4. The number of nitrogens with one attached hydrogen (secondary N) is 3. The Labute approximate surface area is 151 Å². The second-order valence-corrected chi connectivity index (χ2v) is 6.81. The van der Waals surface area contributed by atoms with Gasteiger partial charge in [0.25, 0.3) is 0 Å². The Kier molecular flexibility index (Phi) is 4.30. The zero-order valence-electron chi connectivity index (χ0n) is 14.1. The van der Waals surface area contributed by atoms with E-state index in [0.717, 1.165) is 16.9 Å². The highest BCUT2D eigenvalue weighted by Crippen LogP contribution is 2.32. The molecule has 5 N–H and O–H groups in total. The molecule has 0 bridgehead atoms. The Morgan fingerprint density at radius 1 is 1.32 bits per heavy atom. The molecule has 3 rings (SSSR count). The molecule has 2 aromatic rings. The van der Waals surface area contributed by atoms with Gasteiger partial charge in [-0.05, 0) is 42.8 Å². The quantitative estimate of drug-likeness (QED) is 0.634. The molecule has 1 heterocycles. The molecule has 130 valence electrons. The van der Waals surface area contributed by atoms with E-state index in [1.807, 2.05) is 31.2 Å². The van der Waals surface area contributed by atoms with Crippen molar-refractivity contribution in [1.82, 2.24) is 10.2 Å². The van der Waals surface area contributed by atoms with E-state index in [1.165, 1.54) is 4.90 Å². The number of guanidine groups is 1. The summed E-state index contributed by atoms with van der Waals surface area (Å²) in [6.45, 7) is 1.92. The molecule has 1 fully saturated rings. The van der Waals surface area contributed by atoms with Crippen molar-refractivity contribution in [3.63, 3.8) is 0 Å². The van der Waals surface area contributed by atoms with Crippen LogP contribution in [0.4, 0.5) is 17.1 Å². The van der Waals surface area contributed by atoms with Crippen LogP contribution in [0.3, 0.4) is 0 Å². The molecule has 0 aromatic heterocycles. The fourth-order valence-corrected chi connectivity index (χ4v) is 3.01. The maximum Gasteiger partial charge on any atom is 0.231 e. The van der Waals surface area contributed by atoms with Crippen LogP contribution in [0, 0.1) is 5.41 Å². The van der Waals surface area contributed by atoms with E-state index in [1.54, 1.807) is 25.2 Å². The molecule has 0 spiro atoms. The van der Waals surface area contributed by atoms with Crippen molar-refractivity contribution in [3.8, 4) is 0 Å². The molecule has 2 aromatic carbocycles. The predicted octanol–water partition coefficient (Wildman–Crippen LogP) is 3.27. The van der Waals surface area contributed by atoms with Crippen molar-refractivity contribution in [2.75, 3.05) is 18.1 Å². The van der Waals surface area contributed by atoms with Gasteiger partial charge in [0.2, 0.25) is 5.91 Å². The third kappa shape index (κ3) is 3.39. The van der Waals surface area contributed by atoms with E-state index in [9.17, 15) is 4.79 Å². The van der Waals surface area contributed by atoms with Crippen molar-refractivity contribution in [2.24, 2.45) is 0 Å². The largest absolute Gasteiger partial charge is 0.397 e. The van der Waals surface area contributed by atoms with E-state index in [-0.39, 0.29) is 18.3 Å². The maximum atomic E-state index is 12.1. The molecule has 0 aliphatic carbocycles. The summed E-state index contributed by atoms with van der Waals surface area (Å²) in [5, 5.41) is 14.9. The lowest BCUT2D eigenvalue weighted by Crippen LogP contribution is -2.58. The van der Waals surface area contributed by atoms with Gasteiger partial charge in [-0.25, -0.2) is 0 Å². The van der Waals surface area contributed by atoms with E-state index < -0.39 is 5.54 Å². The first-order valence-electron chi connectivity index (χ1n) is 7.84. The number of carbonyl (C=O) groups is 1. The van der Waals surface area contributed by atoms with Crippen LogP contribution in [-0.4, -0.2) is 23.8 Å². The highest BCUT2D eigenvalue weighted by Gasteiger charge is 2.37. The highest BCUT2D eigenvalue weighted by molar-refractivity contribution is 6.31. The van der Waals surface area contributed by atoms with Crippen molar-refractivity contribution in [2.45, 2.75) is 18.9 Å². The Bertz CT molecular complexity index is 833. The summed E-state index contributed by atoms with van der Waals surface area (Å²) < 4.78 is 0. The Morgan fingerprint density at radius 3 is 2.80 bits per heavy atom.